The van der Waals surface area contributed by atoms with Crippen molar-refractivity contribution >= 4 is 0 Å². The van der Waals surface area contributed by atoms with Crippen LogP contribution in [0.1, 0.15) is 20.3 Å². The molecule has 0 aliphatic rings. The highest BCUT2D eigenvalue weighted by Crippen LogP contribution is 1.89. The van der Waals surface area contributed by atoms with Gasteiger partial charge in [-0.15, -0.1) is 0 Å². The summed E-state index contributed by atoms with van der Waals surface area (Å²) in [4.78, 5) is 2.09. The van der Waals surface area contributed by atoms with Crippen LogP contribution in [-0.4, -0.2) is 52.5 Å². The molecule has 3 nitrogen and oxygen atoms in total. The van der Waals surface area contributed by atoms with E-state index in [9.17, 15) is 0 Å². The van der Waals surface area contributed by atoms with E-state index < -0.39 is 0 Å². The number of halogens is 2. The van der Waals surface area contributed by atoms with Gasteiger partial charge in [0.25, 0.3) is 0 Å². The van der Waals surface area contributed by atoms with Crippen LogP contribution in [0.4, 0.5) is 9.41 Å². The van der Waals surface area contributed by atoms with E-state index in [1.165, 1.54) is 0 Å². The lowest BCUT2D eigenvalue weighted by molar-refractivity contribution is 0.115. The third-order valence-corrected chi connectivity index (χ3v) is 1.72. The highest BCUT2D eigenvalue weighted by molar-refractivity contribution is 4.38. The molecule has 0 spiro atoms. The van der Waals surface area contributed by atoms with Crippen molar-refractivity contribution in [1.82, 2.24) is 4.90 Å². The Morgan fingerprint density at radius 1 is 1.13 bits per heavy atom. The molecule has 0 aromatic rings. The average molecular weight is 231 g/mol. The summed E-state index contributed by atoms with van der Waals surface area (Å²) in [5.41, 5.74) is 0. The van der Waals surface area contributed by atoms with Gasteiger partial charge in [0.15, 0.2) is 0 Å². The molecule has 0 radical (unpaired) electrons. The first-order chi connectivity index (χ1) is 6.08. The van der Waals surface area contributed by atoms with Crippen LogP contribution in [0.2, 0.25) is 0 Å². The van der Waals surface area contributed by atoms with Crippen molar-refractivity contribution in [2.24, 2.45) is 0 Å². The molecule has 15 heavy (non-hydrogen) atoms. The molecule has 5 heteroatoms. The summed E-state index contributed by atoms with van der Waals surface area (Å²) in [6.45, 7) is 6.00. The van der Waals surface area contributed by atoms with E-state index in [1.807, 2.05) is 14.1 Å². The van der Waals surface area contributed by atoms with E-state index in [-0.39, 0.29) is 9.41 Å². The lowest BCUT2D eigenvalue weighted by Gasteiger charge is -2.06. The first kappa shape index (κ1) is 24.1. The number of hydrogen-bond donors (Lipinski definition) is 0. The molecule has 0 amide bonds. The number of hydrogen-bond acceptors (Lipinski definition) is 3. The molecule has 0 aliphatic heterocycles. The predicted octanol–water partition coefficient (Wildman–Crippen LogP) is 1.93. The van der Waals surface area contributed by atoms with Gasteiger partial charge in [-0.25, -0.2) is 0 Å². The van der Waals surface area contributed by atoms with Crippen molar-refractivity contribution in [3.05, 3.63) is 0 Å². The fourth-order valence-corrected chi connectivity index (χ4v) is 0.441. The van der Waals surface area contributed by atoms with Crippen molar-refractivity contribution in [1.29, 1.82) is 0 Å². The minimum Gasteiger partial charge on any atom is -0.383 e. The Bertz CT molecular complexity index is 91.5. The molecule has 0 saturated heterocycles. The number of likely N-dealkylation sites (N-methyl/N-ethyl adjacent to an activating group) is 1. The molecule has 0 aliphatic carbocycles. The van der Waals surface area contributed by atoms with Gasteiger partial charge in [-0.2, -0.15) is 0 Å². The van der Waals surface area contributed by atoms with Crippen molar-refractivity contribution in [3.8, 4) is 0 Å². The maximum atomic E-state index is 4.90. The van der Waals surface area contributed by atoms with Crippen molar-refractivity contribution < 1.29 is 18.9 Å². The summed E-state index contributed by atoms with van der Waals surface area (Å²) in [5.74, 6) is 0. The summed E-state index contributed by atoms with van der Waals surface area (Å²) in [6, 6.07) is 0. The lowest BCUT2D eigenvalue weighted by atomic mass is 10.3. The quantitative estimate of drug-likeness (QED) is 0.721. The van der Waals surface area contributed by atoms with Crippen LogP contribution in [0.25, 0.3) is 0 Å². The van der Waals surface area contributed by atoms with E-state index in [4.69, 9.17) is 9.47 Å². The fourth-order valence-electron chi connectivity index (χ4n) is 0.441. The third-order valence-electron chi connectivity index (χ3n) is 1.72. The monoisotopic (exact) mass is 231 g/mol. The van der Waals surface area contributed by atoms with Gasteiger partial charge in [-0.05, 0) is 27.4 Å². The molecule has 0 saturated carbocycles. The third kappa shape index (κ3) is 31.6. The van der Waals surface area contributed by atoms with Crippen LogP contribution in [0, 0.1) is 0 Å². The number of rotatable bonds is 5. The van der Waals surface area contributed by atoms with Gasteiger partial charge in [-0.3, -0.25) is 9.41 Å². The van der Waals surface area contributed by atoms with Gasteiger partial charge < -0.3 is 14.4 Å². The van der Waals surface area contributed by atoms with Gasteiger partial charge in [0.05, 0.1) is 12.7 Å². The highest BCUT2D eigenvalue weighted by atomic mass is 19.0. The van der Waals surface area contributed by atoms with E-state index in [0.717, 1.165) is 19.6 Å². The Labute approximate surface area is 92.5 Å². The van der Waals surface area contributed by atoms with E-state index >= 15 is 0 Å². The molecular weight excluding hydrogens is 204 g/mol. The first-order valence-electron chi connectivity index (χ1n) is 4.74. The summed E-state index contributed by atoms with van der Waals surface area (Å²) >= 11 is 0. The molecular formula is C10H27F2NO2. The van der Waals surface area contributed by atoms with Crippen LogP contribution < -0.4 is 0 Å². The Morgan fingerprint density at radius 3 is 1.67 bits per heavy atom. The Morgan fingerprint density at radius 2 is 1.60 bits per heavy atom. The van der Waals surface area contributed by atoms with Gasteiger partial charge >= 0.3 is 0 Å². The first-order valence-corrected chi connectivity index (χ1v) is 4.74. The lowest BCUT2D eigenvalue weighted by Crippen LogP contribution is -2.16. The maximum absolute atomic E-state index is 4.90. The van der Waals surface area contributed by atoms with Gasteiger partial charge in [-0.1, -0.05) is 6.92 Å². The highest BCUT2D eigenvalue weighted by Gasteiger charge is 1.88. The van der Waals surface area contributed by atoms with Gasteiger partial charge in [0.2, 0.25) is 0 Å². The van der Waals surface area contributed by atoms with Gasteiger partial charge in [0, 0.05) is 20.8 Å². The molecule has 0 heterocycles. The van der Waals surface area contributed by atoms with E-state index in [2.05, 4.69) is 18.7 Å². The van der Waals surface area contributed by atoms with Crippen LogP contribution in [0.5, 0.6) is 0 Å². The van der Waals surface area contributed by atoms with Crippen molar-refractivity contribution in [2.45, 2.75) is 26.4 Å². The van der Waals surface area contributed by atoms with E-state index in [1.54, 1.807) is 14.2 Å². The zero-order valence-electron chi connectivity index (χ0n) is 10.8. The number of methoxy groups -OCH3 is 2. The summed E-state index contributed by atoms with van der Waals surface area (Å²) in [5, 5.41) is 0. The van der Waals surface area contributed by atoms with Crippen LogP contribution >= 0.6 is 0 Å². The molecule has 0 aromatic heterocycles. The van der Waals surface area contributed by atoms with Crippen molar-refractivity contribution in [3.63, 3.8) is 0 Å². The zero-order valence-corrected chi connectivity index (χ0v) is 10.8. The second-order valence-corrected chi connectivity index (χ2v) is 3.25. The smallest absolute Gasteiger partial charge is 0.0589 e. The molecule has 0 N–H and O–H groups in total. The van der Waals surface area contributed by atoms with Crippen molar-refractivity contribution in [2.75, 3.05) is 41.5 Å². The Kier molecular flexibility index (Phi) is 31.1. The van der Waals surface area contributed by atoms with Crippen LogP contribution in [0.3, 0.4) is 0 Å². The topological polar surface area (TPSA) is 21.7 Å². The fraction of sp³-hybridized carbons (Fsp3) is 1.00. The standard InChI is InChI=1S/C5H13NO.C5H12O.2FH/c1-6(2)4-5-7-3;1-4-5(2)6-3;;/h4-5H2,1-3H3;5H,4H2,1-3H3;2*1H. The normalized spacial score (nSPS) is 10.6. The van der Waals surface area contributed by atoms with Crippen LogP contribution in [-0.2, 0) is 9.47 Å². The maximum Gasteiger partial charge on any atom is 0.0589 e. The van der Waals surface area contributed by atoms with Gasteiger partial charge in [0.1, 0.15) is 0 Å². The predicted molar refractivity (Wildman–Crippen MR) is 62.2 cm³/mol. The summed E-state index contributed by atoms with van der Waals surface area (Å²) in [6.07, 6.45) is 1.54. The molecule has 0 bridgehead atoms. The average Bonchev–Trinajstić information content (AvgIpc) is 2.14. The summed E-state index contributed by atoms with van der Waals surface area (Å²) < 4.78 is 9.71. The molecule has 1 atom stereocenters. The summed E-state index contributed by atoms with van der Waals surface area (Å²) in [7, 11) is 7.50. The molecule has 0 rings (SSSR count). The Hall–Kier alpha value is -0.260. The molecule has 98 valence electrons. The molecule has 0 fully saturated rings. The molecule has 0 aromatic carbocycles. The minimum atomic E-state index is 0. The van der Waals surface area contributed by atoms with Crippen LogP contribution in [0.15, 0.2) is 0 Å². The Balaban J connectivity index is -0.0000000718. The van der Waals surface area contributed by atoms with E-state index in [0.29, 0.717) is 6.10 Å². The largest absolute Gasteiger partial charge is 0.383 e. The number of ether oxygens (including phenoxy) is 2. The molecule has 1 unspecified atom stereocenters. The second kappa shape index (κ2) is 19.3. The SMILES string of the molecule is CCC(C)OC.COCCN(C)C.F.F. The minimum absolute atomic E-state index is 0. The zero-order chi connectivity index (χ0) is 10.7. The second-order valence-electron chi connectivity index (χ2n) is 3.25. The number of nitrogens with zero attached hydrogens (tertiary/aromatic N) is 1.